The molecule has 1 aliphatic heterocycles. The molecule has 1 aromatic rings. The van der Waals surface area contributed by atoms with Gasteiger partial charge in [0.2, 0.25) is 0 Å². The lowest BCUT2D eigenvalue weighted by atomic mass is 9.93. The average molecular weight is 194 g/mol. The van der Waals surface area contributed by atoms with Gasteiger partial charge in [-0.25, -0.2) is 0 Å². The minimum absolute atomic E-state index is 0.0771. The van der Waals surface area contributed by atoms with E-state index in [-0.39, 0.29) is 5.92 Å². The Morgan fingerprint density at radius 3 is 3.21 bits per heavy atom. The highest BCUT2D eigenvalue weighted by Crippen LogP contribution is 2.13. The fourth-order valence-corrected chi connectivity index (χ4v) is 1.76. The molecule has 0 aliphatic carbocycles. The molecule has 0 aromatic carbocycles. The van der Waals surface area contributed by atoms with E-state index in [1.807, 2.05) is 13.0 Å². The van der Waals surface area contributed by atoms with Crippen LogP contribution in [-0.4, -0.2) is 24.0 Å². The first-order chi connectivity index (χ1) is 6.75. The summed E-state index contributed by atoms with van der Waals surface area (Å²) in [7, 11) is 0. The Bertz CT molecular complexity index is 333. The topological polar surface area (TPSA) is 55.1 Å². The van der Waals surface area contributed by atoms with Crippen molar-refractivity contribution in [3.8, 4) is 0 Å². The fraction of sp³-hybridized carbons (Fsp3) is 0.600. The Balaban J connectivity index is 1.99. The standard InChI is InChI=1S/C10H14N2O2/c1-7-4-9(12-14-7)5-8-6-11-3-2-10(8)13/h4,8,11H,2-3,5-6H2,1H3. The molecule has 0 amide bonds. The Morgan fingerprint density at radius 1 is 1.71 bits per heavy atom. The van der Waals surface area contributed by atoms with Crippen LogP contribution in [0.15, 0.2) is 10.6 Å². The lowest BCUT2D eigenvalue weighted by Crippen LogP contribution is -2.37. The van der Waals surface area contributed by atoms with Crippen LogP contribution < -0.4 is 5.32 Å². The summed E-state index contributed by atoms with van der Waals surface area (Å²) in [6.45, 7) is 3.44. The maximum Gasteiger partial charge on any atom is 0.138 e. The van der Waals surface area contributed by atoms with E-state index in [4.69, 9.17) is 4.52 Å². The van der Waals surface area contributed by atoms with Crippen molar-refractivity contribution in [1.29, 1.82) is 0 Å². The molecule has 1 N–H and O–H groups in total. The lowest BCUT2D eigenvalue weighted by Gasteiger charge is -2.20. The Morgan fingerprint density at radius 2 is 2.57 bits per heavy atom. The molecule has 1 aliphatic rings. The van der Waals surface area contributed by atoms with Gasteiger partial charge in [0.1, 0.15) is 11.5 Å². The molecular formula is C10H14N2O2. The van der Waals surface area contributed by atoms with Gasteiger partial charge in [-0.05, 0) is 6.92 Å². The molecule has 0 radical (unpaired) electrons. The summed E-state index contributed by atoms with van der Waals surface area (Å²) >= 11 is 0. The summed E-state index contributed by atoms with van der Waals surface area (Å²) in [5.74, 6) is 1.22. The third-order valence-electron chi connectivity index (χ3n) is 2.53. The molecule has 2 heterocycles. The number of rotatable bonds is 2. The number of aryl methyl sites for hydroxylation is 1. The highest BCUT2D eigenvalue weighted by atomic mass is 16.5. The van der Waals surface area contributed by atoms with Crippen LogP contribution in [0.25, 0.3) is 0 Å². The zero-order valence-electron chi connectivity index (χ0n) is 8.25. The Kier molecular flexibility index (Phi) is 2.63. The largest absolute Gasteiger partial charge is 0.361 e. The second-order valence-corrected chi connectivity index (χ2v) is 3.75. The first-order valence-corrected chi connectivity index (χ1v) is 4.91. The molecule has 14 heavy (non-hydrogen) atoms. The van der Waals surface area contributed by atoms with E-state index in [0.717, 1.165) is 24.5 Å². The van der Waals surface area contributed by atoms with Crippen molar-refractivity contribution in [2.75, 3.05) is 13.1 Å². The van der Waals surface area contributed by atoms with E-state index in [9.17, 15) is 4.79 Å². The van der Waals surface area contributed by atoms with Gasteiger partial charge in [-0.2, -0.15) is 0 Å². The van der Waals surface area contributed by atoms with E-state index in [2.05, 4.69) is 10.5 Å². The first kappa shape index (κ1) is 9.40. The van der Waals surface area contributed by atoms with Crippen molar-refractivity contribution >= 4 is 5.78 Å². The molecule has 76 valence electrons. The summed E-state index contributed by atoms with van der Waals surface area (Å²) in [4.78, 5) is 11.5. The van der Waals surface area contributed by atoms with Gasteiger partial charge in [0, 0.05) is 37.9 Å². The van der Waals surface area contributed by atoms with Crippen LogP contribution in [0, 0.1) is 12.8 Å². The number of nitrogens with one attached hydrogen (secondary N) is 1. The number of nitrogens with zero attached hydrogens (tertiary/aromatic N) is 1. The van der Waals surface area contributed by atoms with Gasteiger partial charge in [0.15, 0.2) is 0 Å². The van der Waals surface area contributed by atoms with Gasteiger partial charge >= 0.3 is 0 Å². The molecule has 4 nitrogen and oxygen atoms in total. The maximum absolute atomic E-state index is 11.5. The Hall–Kier alpha value is -1.16. The Labute approximate surface area is 82.7 Å². The predicted molar refractivity (Wildman–Crippen MR) is 50.9 cm³/mol. The number of piperidine rings is 1. The van der Waals surface area contributed by atoms with Crippen LogP contribution in [0.4, 0.5) is 0 Å². The molecule has 1 saturated heterocycles. The van der Waals surface area contributed by atoms with E-state index in [1.54, 1.807) is 0 Å². The SMILES string of the molecule is Cc1cc(CC2CNCCC2=O)no1. The molecule has 1 fully saturated rings. The number of ketones is 1. The van der Waals surface area contributed by atoms with Crippen molar-refractivity contribution in [1.82, 2.24) is 10.5 Å². The van der Waals surface area contributed by atoms with Crippen molar-refractivity contribution in [2.24, 2.45) is 5.92 Å². The summed E-state index contributed by atoms with van der Waals surface area (Å²) in [6.07, 6.45) is 1.34. The van der Waals surface area contributed by atoms with E-state index in [0.29, 0.717) is 18.6 Å². The lowest BCUT2D eigenvalue weighted by molar-refractivity contribution is -0.123. The fourth-order valence-electron chi connectivity index (χ4n) is 1.76. The summed E-state index contributed by atoms with van der Waals surface area (Å²) < 4.78 is 4.96. The molecule has 2 rings (SSSR count). The van der Waals surface area contributed by atoms with Crippen LogP contribution in [-0.2, 0) is 11.2 Å². The number of Topliss-reactive ketones (excluding diaryl/α,β-unsaturated/α-hetero) is 1. The maximum atomic E-state index is 11.5. The van der Waals surface area contributed by atoms with Gasteiger partial charge < -0.3 is 9.84 Å². The van der Waals surface area contributed by atoms with Crippen LogP contribution in [0.1, 0.15) is 17.9 Å². The zero-order valence-corrected chi connectivity index (χ0v) is 8.25. The minimum atomic E-state index is 0.0771. The van der Waals surface area contributed by atoms with Crippen LogP contribution in [0.2, 0.25) is 0 Å². The molecule has 1 unspecified atom stereocenters. The van der Waals surface area contributed by atoms with Crippen LogP contribution in [0.5, 0.6) is 0 Å². The van der Waals surface area contributed by atoms with Gasteiger partial charge in [0.05, 0.1) is 5.69 Å². The quantitative estimate of drug-likeness (QED) is 0.753. The van der Waals surface area contributed by atoms with Gasteiger partial charge in [0.25, 0.3) is 0 Å². The third kappa shape index (κ3) is 2.01. The van der Waals surface area contributed by atoms with Gasteiger partial charge in [-0.15, -0.1) is 0 Å². The minimum Gasteiger partial charge on any atom is -0.361 e. The normalized spacial score (nSPS) is 22.6. The summed E-state index contributed by atoms with van der Waals surface area (Å²) in [5.41, 5.74) is 0.879. The highest BCUT2D eigenvalue weighted by molar-refractivity contribution is 5.82. The van der Waals surface area contributed by atoms with Crippen LogP contribution in [0.3, 0.4) is 0 Å². The number of carbonyl (C=O) groups is 1. The zero-order chi connectivity index (χ0) is 9.97. The summed E-state index contributed by atoms with van der Waals surface area (Å²) in [5, 5.41) is 7.10. The van der Waals surface area contributed by atoms with Crippen LogP contribution >= 0.6 is 0 Å². The molecule has 0 spiro atoms. The second kappa shape index (κ2) is 3.92. The monoisotopic (exact) mass is 194 g/mol. The number of aromatic nitrogens is 1. The van der Waals surface area contributed by atoms with Crippen molar-refractivity contribution in [3.63, 3.8) is 0 Å². The average Bonchev–Trinajstić information content (AvgIpc) is 2.56. The number of hydrogen-bond donors (Lipinski definition) is 1. The predicted octanol–water partition coefficient (Wildman–Crippen LogP) is 0.704. The summed E-state index contributed by atoms with van der Waals surface area (Å²) in [6, 6.07) is 1.89. The molecule has 0 bridgehead atoms. The molecule has 4 heteroatoms. The third-order valence-corrected chi connectivity index (χ3v) is 2.53. The van der Waals surface area contributed by atoms with Crippen molar-refractivity contribution in [3.05, 3.63) is 17.5 Å². The highest BCUT2D eigenvalue weighted by Gasteiger charge is 2.23. The first-order valence-electron chi connectivity index (χ1n) is 4.91. The molecular weight excluding hydrogens is 180 g/mol. The van der Waals surface area contributed by atoms with Gasteiger partial charge in [-0.3, -0.25) is 4.79 Å². The molecule has 1 aromatic heterocycles. The number of hydrogen-bond acceptors (Lipinski definition) is 4. The van der Waals surface area contributed by atoms with E-state index in [1.165, 1.54) is 0 Å². The second-order valence-electron chi connectivity index (χ2n) is 3.75. The molecule has 1 atom stereocenters. The smallest absolute Gasteiger partial charge is 0.138 e. The number of carbonyl (C=O) groups excluding carboxylic acids is 1. The van der Waals surface area contributed by atoms with E-state index < -0.39 is 0 Å². The van der Waals surface area contributed by atoms with Gasteiger partial charge in [-0.1, -0.05) is 5.16 Å². The van der Waals surface area contributed by atoms with Crippen molar-refractivity contribution < 1.29 is 9.32 Å². The van der Waals surface area contributed by atoms with E-state index >= 15 is 0 Å². The molecule has 0 saturated carbocycles. The van der Waals surface area contributed by atoms with Crippen molar-refractivity contribution in [2.45, 2.75) is 19.8 Å².